The van der Waals surface area contributed by atoms with Gasteiger partial charge in [-0.15, -0.1) is 0 Å². The van der Waals surface area contributed by atoms with Crippen molar-refractivity contribution in [3.8, 4) is 0 Å². The van der Waals surface area contributed by atoms with Gasteiger partial charge in [0.1, 0.15) is 4.90 Å². The van der Waals surface area contributed by atoms with E-state index in [2.05, 4.69) is 0 Å². The molecule has 0 atom stereocenters. The quantitative estimate of drug-likeness (QED) is 0.388. The molecule has 4 N–H and O–H groups in total. The zero-order valence-corrected chi connectivity index (χ0v) is 8.68. The minimum absolute atomic E-state index is 0. The first kappa shape index (κ1) is 17.2. The Hall–Kier alpha value is 0.221. The molecule has 0 spiro atoms. The van der Waals surface area contributed by atoms with E-state index in [1.54, 1.807) is 12.1 Å². The molecule has 7 nitrogen and oxygen atoms in total. The summed E-state index contributed by atoms with van der Waals surface area (Å²) in [7, 11) is -5.72. The number of carbonyl (C=O) groups excluding carboxylic acids is 1. The molecule has 1 heterocycles. The average molecular weight is 285 g/mol. The molecule has 0 unspecified atom stereocenters. The van der Waals surface area contributed by atoms with Crippen LogP contribution in [0.3, 0.4) is 0 Å². The molecule has 0 bridgehead atoms. The molecule has 0 aromatic heterocycles. The molecular formula is C7H9BKNO6S. The normalized spacial score (nSPS) is 14.6. The molecule has 0 saturated carbocycles. The van der Waals surface area contributed by atoms with Crippen LogP contribution in [0.15, 0.2) is 29.2 Å². The Bertz CT molecular complexity index is 502. The Morgan fingerprint density at radius 2 is 1.59 bits per heavy atom. The van der Waals surface area contributed by atoms with Gasteiger partial charge in [0.15, 0.2) is 0 Å². The Morgan fingerprint density at radius 1 is 1.12 bits per heavy atom. The molecule has 1 aliphatic rings. The number of amides is 1. The van der Waals surface area contributed by atoms with Crippen LogP contribution in [0.25, 0.3) is 0 Å². The van der Waals surface area contributed by atoms with Gasteiger partial charge in [-0.05, 0) is 12.1 Å². The number of sulfonamides is 1. The Labute approximate surface area is 141 Å². The zero-order chi connectivity index (χ0) is 12.3. The molecule has 1 aromatic rings. The van der Waals surface area contributed by atoms with E-state index in [0.29, 0.717) is 0 Å². The number of fused-ring (bicyclic) bond motifs is 1. The summed E-state index contributed by atoms with van der Waals surface area (Å²) in [5.74, 6) is -0.550. The van der Waals surface area contributed by atoms with Crippen molar-refractivity contribution in [2.75, 3.05) is 0 Å². The van der Waals surface area contributed by atoms with E-state index in [9.17, 15) is 13.2 Å². The van der Waals surface area contributed by atoms with Crippen LogP contribution in [-0.4, -0.2) is 88.1 Å². The third-order valence-corrected chi connectivity index (χ3v) is 3.04. The number of nitrogens with one attached hydrogen (secondary N) is 1. The predicted molar refractivity (Wildman–Crippen MR) is 60.7 cm³/mol. The van der Waals surface area contributed by atoms with Crippen LogP contribution in [0.2, 0.25) is 0 Å². The van der Waals surface area contributed by atoms with Gasteiger partial charge in [-0.1, -0.05) is 12.1 Å². The zero-order valence-electron chi connectivity index (χ0n) is 7.86. The third-order valence-electron chi connectivity index (χ3n) is 1.65. The van der Waals surface area contributed by atoms with E-state index in [0.717, 1.165) is 0 Å². The summed E-state index contributed by atoms with van der Waals surface area (Å²) in [5.41, 5.74) is 0.220. The first-order chi connectivity index (χ1) is 7.34. The molecule has 2 rings (SSSR count). The number of hydrogen-bond donors (Lipinski definition) is 4. The van der Waals surface area contributed by atoms with Gasteiger partial charge in [0.25, 0.3) is 15.9 Å². The summed E-state index contributed by atoms with van der Waals surface area (Å²) >= 11 is 0. The van der Waals surface area contributed by atoms with Crippen LogP contribution >= 0.6 is 0 Å². The second-order valence-electron chi connectivity index (χ2n) is 2.78. The molecule has 0 radical (unpaired) electrons. The maximum atomic E-state index is 11.1. The van der Waals surface area contributed by atoms with Gasteiger partial charge >= 0.3 is 58.7 Å². The van der Waals surface area contributed by atoms with Gasteiger partial charge < -0.3 is 15.1 Å². The summed E-state index contributed by atoms with van der Waals surface area (Å²) in [4.78, 5) is 11.1. The van der Waals surface area contributed by atoms with E-state index >= 15 is 0 Å². The van der Waals surface area contributed by atoms with Crippen LogP contribution in [0, 0.1) is 0 Å². The van der Waals surface area contributed by atoms with E-state index in [1.807, 2.05) is 4.72 Å². The SMILES string of the molecule is O=C1NS(=O)(=O)c2ccccc21.OB(O)O.[KH]. The van der Waals surface area contributed by atoms with Gasteiger partial charge in [0, 0.05) is 0 Å². The predicted octanol–water partition coefficient (Wildman–Crippen LogP) is -2.58. The van der Waals surface area contributed by atoms with Crippen molar-refractivity contribution in [1.29, 1.82) is 0 Å². The van der Waals surface area contributed by atoms with Gasteiger partial charge in [-0.25, -0.2) is 13.1 Å². The fourth-order valence-corrected chi connectivity index (χ4v) is 2.29. The molecule has 0 saturated heterocycles. The molecule has 0 aliphatic carbocycles. The van der Waals surface area contributed by atoms with Crippen molar-refractivity contribution in [2.24, 2.45) is 0 Å². The molecule has 10 heteroatoms. The van der Waals surface area contributed by atoms with Crippen LogP contribution in [-0.2, 0) is 10.0 Å². The summed E-state index contributed by atoms with van der Waals surface area (Å²) in [6, 6.07) is 6.09. The third kappa shape index (κ3) is 4.77. The number of carbonyl (C=O) groups is 1. The van der Waals surface area contributed by atoms with E-state index < -0.39 is 23.3 Å². The van der Waals surface area contributed by atoms with Crippen molar-refractivity contribution >= 4 is 74.6 Å². The van der Waals surface area contributed by atoms with Crippen LogP contribution in [0.4, 0.5) is 0 Å². The van der Waals surface area contributed by atoms with Crippen LogP contribution in [0.5, 0.6) is 0 Å². The van der Waals surface area contributed by atoms with Crippen molar-refractivity contribution in [3.05, 3.63) is 29.8 Å². The summed E-state index contributed by atoms with van der Waals surface area (Å²) < 4.78 is 24.2. The maximum absolute atomic E-state index is 11.1. The summed E-state index contributed by atoms with van der Waals surface area (Å²) in [6.45, 7) is 0. The molecule has 1 amide bonds. The number of rotatable bonds is 0. The van der Waals surface area contributed by atoms with Crippen molar-refractivity contribution in [1.82, 2.24) is 4.72 Å². The minimum atomic E-state index is -3.55. The monoisotopic (exact) mass is 285 g/mol. The fourth-order valence-electron chi connectivity index (χ4n) is 1.12. The molecular weight excluding hydrogens is 276 g/mol. The van der Waals surface area contributed by atoms with Gasteiger partial charge in [0.2, 0.25) is 0 Å². The Kier molecular flexibility index (Phi) is 7.06. The van der Waals surface area contributed by atoms with E-state index in [1.165, 1.54) is 12.1 Å². The average Bonchev–Trinajstić information content (AvgIpc) is 2.38. The molecule has 0 fully saturated rings. The van der Waals surface area contributed by atoms with Crippen LogP contribution in [0.1, 0.15) is 10.4 Å². The second-order valence-corrected chi connectivity index (χ2v) is 4.43. The van der Waals surface area contributed by atoms with Crippen LogP contribution < -0.4 is 4.72 Å². The van der Waals surface area contributed by atoms with Gasteiger partial charge in [0.05, 0.1) is 5.56 Å². The first-order valence-electron chi connectivity index (χ1n) is 4.05. The van der Waals surface area contributed by atoms with Crippen molar-refractivity contribution in [2.45, 2.75) is 4.90 Å². The summed E-state index contributed by atoms with van der Waals surface area (Å²) in [5, 5.41) is 21.5. The fraction of sp³-hybridized carbons (Fsp3) is 0. The van der Waals surface area contributed by atoms with E-state index in [-0.39, 0.29) is 61.8 Å². The topological polar surface area (TPSA) is 124 Å². The van der Waals surface area contributed by atoms with Crippen molar-refractivity contribution in [3.63, 3.8) is 0 Å². The number of benzene rings is 1. The molecule has 17 heavy (non-hydrogen) atoms. The number of hydrogen-bond acceptors (Lipinski definition) is 6. The molecule has 1 aromatic carbocycles. The summed E-state index contributed by atoms with van der Waals surface area (Å²) in [6.07, 6.45) is 0. The van der Waals surface area contributed by atoms with Gasteiger partial charge in [-0.2, -0.15) is 0 Å². The standard InChI is InChI=1S/C7H5NO3S.BH3O3.K.H/c9-7-5-3-1-2-4-6(5)12(10,11)8-7;2-1(3)4;;/h1-4H,(H,8,9);2-4H;;. The first-order valence-corrected chi connectivity index (χ1v) is 5.53. The van der Waals surface area contributed by atoms with E-state index in [4.69, 9.17) is 15.1 Å². The molecule has 1 aliphatic heterocycles. The Morgan fingerprint density at radius 3 is 2.06 bits per heavy atom. The van der Waals surface area contributed by atoms with Crippen molar-refractivity contribution < 1.29 is 28.3 Å². The Balaban J connectivity index is 0.000000453. The molecule has 88 valence electrons. The van der Waals surface area contributed by atoms with Gasteiger partial charge in [-0.3, -0.25) is 4.79 Å². The second kappa shape index (κ2) is 6.97.